The molecule has 0 aromatic heterocycles. The lowest BCUT2D eigenvalue weighted by atomic mass is 9.94. The van der Waals surface area contributed by atoms with Crippen molar-refractivity contribution < 1.29 is 36.7 Å². The summed E-state index contributed by atoms with van der Waals surface area (Å²) in [4.78, 5) is 12.5. The average Bonchev–Trinajstić information content (AvgIpc) is 2.97. The minimum Gasteiger partial charge on any atom is -0.494 e. The largest absolute Gasteiger partial charge is 0.494 e. The number of anilines is 2. The Balaban J connectivity index is 1.57. The van der Waals surface area contributed by atoms with Crippen LogP contribution in [-0.2, 0) is 14.9 Å². The van der Waals surface area contributed by atoms with Crippen molar-refractivity contribution in [2.75, 3.05) is 38.6 Å². The lowest BCUT2D eigenvalue weighted by Gasteiger charge is -2.17. The number of rotatable bonds is 12. The average molecular weight is 610 g/mol. The molecular formula is C29H31N5O8S. The van der Waals surface area contributed by atoms with E-state index < -0.39 is 26.5 Å². The molecule has 4 rings (SSSR count). The van der Waals surface area contributed by atoms with Gasteiger partial charge in [0.25, 0.3) is 10.1 Å². The summed E-state index contributed by atoms with van der Waals surface area (Å²) in [7, 11) is -1.98. The van der Waals surface area contributed by atoms with E-state index in [4.69, 9.17) is 24.7 Å². The number of nitrogens with zero attached hydrogens (tertiary/aromatic N) is 3. The van der Waals surface area contributed by atoms with Crippen molar-refractivity contribution in [3.05, 3.63) is 70.6 Å². The quantitative estimate of drug-likeness (QED) is 0.0790. The maximum Gasteiger partial charge on any atom is 0.296 e. The van der Waals surface area contributed by atoms with Gasteiger partial charge >= 0.3 is 0 Å². The van der Waals surface area contributed by atoms with E-state index in [-0.39, 0.29) is 34.4 Å². The molecule has 0 amide bonds. The molecule has 3 aromatic carbocycles. The molecule has 0 heterocycles. The Morgan fingerprint density at radius 1 is 0.953 bits per heavy atom. The molecule has 1 aliphatic rings. The lowest BCUT2D eigenvalue weighted by molar-refractivity contribution is 0.0553. The first kappa shape index (κ1) is 31.2. The fourth-order valence-corrected chi connectivity index (χ4v) is 4.64. The van der Waals surface area contributed by atoms with E-state index in [0.717, 1.165) is 6.08 Å². The molecule has 0 saturated heterocycles. The number of fused-ring (bicyclic) bond motifs is 1. The van der Waals surface area contributed by atoms with Crippen LogP contribution in [-0.4, -0.2) is 58.0 Å². The number of benzene rings is 3. The van der Waals surface area contributed by atoms with E-state index in [9.17, 15) is 17.8 Å². The Kier molecular flexibility index (Phi) is 9.75. The molecule has 13 nitrogen and oxygen atoms in total. The minimum absolute atomic E-state index is 0.134. The van der Waals surface area contributed by atoms with Gasteiger partial charge in [0.2, 0.25) is 5.78 Å². The summed E-state index contributed by atoms with van der Waals surface area (Å²) in [5, 5.41) is 12.5. The van der Waals surface area contributed by atoms with Gasteiger partial charge in [-0.1, -0.05) is 0 Å². The van der Waals surface area contributed by atoms with Gasteiger partial charge in [0.15, 0.2) is 5.71 Å². The van der Waals surface area contributed by atoms with E-state index in [1.165, 1.54) is 44.6 Å². The summed E-state index contributed by atoms with van der Waals surface area (Å²) in [6.45, 7) is 4.82. The number of azo groups is 1. The number of hydrogen-bond acceptors (Lipinski definition) is 12. The maximum atomic E-state index is 13.1. The van der Waals surface area contributed by atoms with E-state index >= 15 is 0 Å². The Morgan fingerprint density at radius 3 is 2.33 bits per heavy atom. The number of hydrogen-bond donors (Lipinski definition) is 3. The van der Waals surface area contributed by atoms with Crippen molar-refractivity contribution in [1.82, 2.24) is 0 Å². The van der Waals surface area contributed by atoms with Crippen LogP contribution in [0.15, 0.2) is 74.8 Å². The molecule has 226 valence electrons. The second-order valence-corrected chi connectivity index (χ2v) is 10.8. The van der Waals surface area contributed by atoms with Gasteiger partial charge in [0.1, 0.15) is 40.1 Å². The zero-order valence-corrected chi connectivity index (χ0v) is 24.7. The molecule has 43 heavy (non-hydrogen) atoms. The summed E-state index contributed by atoms with van der Waals surface area (Å²) in [5.74, 6) is 0.451. The van der Waals surface area contributed by atoms with Gasteiger partial charge in [-0.3, -0.25) is 14.8 Å². The van der Waals surface area contributed by atoms with Crippen molar-refractivity contribution in [2.45, 2.75) is 20.0 Å². The van der Waals surface area contributed by atoms with E-state index in [0.29, 0.717) is 36.0 Å². The standard InChI is InChI=1S/C29H31N5O8S/c1-17(2)41-11-12-42-21-8-6-20(7-9-21)31-32-23-15-26(40-4)24(16-25(23)39-3)33-34-28-27(43(36,37)38)14-18-13-19(30)5-10-22(18)29(28)35/h5-10,13-17,33H,11-12,30H2,1-4H3,(H,36,37,38)/b32-31+,34-28-. The highest BCUT2D eigenvalue weighted by Crippen LogP contribution is 2.39. The number of nitrogen functional groups attached to an aromatic ring is 1. The van der Waals surface area contributed by atoms with Crippen molar-refractivity contribution >= 4 is 50.4 Å². The Morgan fingerprint density at radius 2 is 1.67 bits per heavy atom. The van der Waals surface area contributed by atoms with Gasteiger partial charge in [-0.2, -0.15) is 18.6 Å². The third kappa shape index (κ3) is 7.74. The van der Waals surface area contributed by atoms with Crippen LogP contribution in [0.2, 0.25) is 0 Å². The van der Waals surface area contributed by atoms with Crippen LogP contribution in [0.25, 0.3) is 6.08 Å². The summed E-state index contributed by atoms with van der Waals surface area (Å²) >= 11 is 0. The highest BCUT2D eigenvalue weighted by Gasteiger charge is 2.33. The lowest BCUT2D eigenvalue weighted by Crippen LogP contribution is -2.27. The molecule has 0 unspecified atom stereocenters. The van der Waals surface area contributed by atoms with Gasteiger partial charge in [-0.15, -0.1) is 5.11 Å². The minimum atomic E-state index is -4.82. The Hall–Kier alpha value is -4.79. The predicted octanol–water partition coefficient (Wildman–Crippen LogP) is 5.40. The molecule has 0 aliphatic heterocycles. The van der Waals surface area contributed by atoms with Crippen LogP contribution < -0.4 is 25.4 Å². The van der Waals surface area contributed by atoms with Gasteiger partial charge < -0.3 is 24.7 Å². The van der Waals surface area contributed by atoms with Crippen LogP contribution in [0, 0.1) is 0 Å². The van der Waals surface area contributed by atoms with Crippen LogP contribution in [0.3, 0.4) is 0 Å². The second-order valence-electron chi connectivity index (χ2n) is 9.42. The zero-order valence-electron chi connectivity index (χ0n) is 23.9. The molecular weight excluding hydrogens is 578 g/mol. The van der Waals surface area contributed by atoms with Crippen LogP contribution in [0.1, 0.15) is 29.8 Å². The third-order valence-corrected chi connectivity index (χ3v) is 6.90. The fourth-order valence-electron chi connectivity index (χ4n) is 3.99. The monoisotopic (exact) mass is 609 g/mol. The number of ether oxygens (including phenoxy) is 4. The number of methoxy groups -OCH3 is 2. The smallest absolute Gasteiger partial charge is 0.296 e. The summed E-state index contributed by atoms with van der Waals surface area (Å²) in [6, 6.07) is 14.4. The topological polar surface area (TPSA) is 183 Å². The van der Waals surface area contributed by atoms with Crippen molar-refractivity contribution in [1.29, 1.82) is 0 Å². The predicted molar refractivity (Wildman–Crippen MR) is 163 cm³/mol. The van der Waals surface area contributed by atoms with Gasteiger partial charge in [-0.25, -0.2) is 0 Å². The summed E-state index contributed by atoms with van der Waals surface area (Å²) in [5.41, 5.74) is 9.72. The van der Waals surface area contributed by atoms with E-state index in [1.807, 2.05) is 13.8 Å². The molecule has 0 fully saturated rings. The number of allylic oxidation sites excluding steroid dienone is 1. The molecule has 0 spiro atoms. The Bertz CT molecular complexity index is 1700. The maximum absolute atomic E-state index is 13.1. The molecule has 0 saturated carbocycles. The first-order chi connectivity index (χ1) is 20.5. The number of Topliss-reactive ketones (excluding diaryl/α,β-unsaturated/α-hetero) is 1. The second kappa shape index (κ2) is 13.5. The molecule has 1 aliphatic carbocycles. The third-order valence-electron chi connectivity index (χ3n) is 6.04. The van der Waals surface area contributed by atoms with E-state index in [2.05, 4.69) is 20.8 Å². The summed E-state index contributed by atoms with van der Waals surface area (Å²) < 4.78 is 56.1. The van der Waals surface area contributed by atoms with Crippen LogP contribution in [0.4, 0.5) is 22.7 Å². The van der Waals surface area contributed by atoms with Crippen molar-refractivity contribution in [3.63, 3.8) is 0 Å². The number of hydrazone groups is 1. The molecule has 3 aromatic rings. The normalized spacial score (nSPS) is 14.1. The molecule has 14 heteroatoms. The van der Waals surface area contributed by atoms with Crippen molar-refractivity contribution in [2.24, 2.45) is 15.3 Å². The van der Waals surface area contributed by atoms with Gasteiger partial charge in [0.05, 0.1) is 32.6 Å². The zero-order chi connectivity index (χ0) is 31.1. The number of nitrogens with one attached hydrogen (secondary N) is 1. The van der Waals surface area contributed by atoms with Gasteiger partial charge in [-0.05, 0) is 68.0 Å². The first-order valence-electron chi connectivity index (χ1n) is 13.0. The SMILES string of the molecule is COc1cc(N/N=C2\C(=O)c3ccc(N)cc3C=C2S(=O)(=O)O)c(OC)cc1/N=N/c1ccc(OCCOC(C)C)cc1. The number of carbonyl (C=O) groups is 1. The molecule has 0 radical (unpaired) electrons. The van der Waals surface area contributed by atoms with Crippen molar-refractivity contribution in [3.8, 4) is 17.2 Å². The summed E-state index contributed by atoms with van der Waals surface area (Å²) in [6.07, 6.45) is 1.26. The Labute approximate surface area is 248 Å². The number of ketones is 1. The molecule has 0 atom stereocenters. The van der Waals surface area contributed by atoms with Crippen LogP contribution in [0.5, 0.6) is 17.2 Å². The van der Waals surface area contributed by atoms with E-state index in [1.54, 1.807) is 24.3 Å². The van der Waals surface area contributed by atoms with Gasteiger partial charge in [0, 0.05) is 23.4 Å². The molecule has 0 bridgehead atoms. The number of carbonyl (C=O) groups excluding carboxylic acids is 1. The van der Waals surface area contributed by atoms with Crippen LogP contribution >= 0.6 is 0 Å². The fraction of sp³-hybridized carbons (Fsp3) is 0.241. The highest BCUT2D eigenvalue weighted by molar-refractivity contribution is 7.91. The molecule has 4 N–H and O–H groups in total. The number of nitrogens with two attached hydrogens (primary N) is 1. The first-order valence-corrected chi connectivity index (χ1v) is 14.4. The highest BCUT2D eigenvalue weighted by atomic mass is 32.2.